The van der Waals surface area contributed by atoms with Crippen molar-refractivity contribution in [1.29, 1.82) is 0 Å². The molecule has 114 valence electrons. The zero-order valence-electron chi connectivity index (χ0n) is 13.7. The predicted octanol–water partition coefficient (Wildman–Crippen LogP) is 4.36. The van der Waals surface area contributed by atoms with Crippen molar-refractivity contribution in [3.63, 3.8) is 0 Å². The monoisotopic (exact) mass is 296 g/mol. The average Bonchev–Trinajstić information content (AvgIpc) is 2.38. The largest absolute Gasteiger partial charge is 0.313 e. The van der Waals surface area contributed by atoms with Crippen LogP contribution in [0.4, 0.5) is 0 Å². The number of hydrogen-bond donors (Lipinski definition) is 1. The van der Waals surface area contributed by atoms with E-state index in [0.717, 1.165) is 11.6 Å². The summed E-state index contributed by atoms with van der Waals surface area (Å²) in [5.74, 6) is 0.612. The van der Waals surface area contributed by atoms with Crippen molar-refractivity contribution in [2.75, 3.05) is 13.6 Å². The zero-order chi connectivity index (χ0) is 15.3. The van der Waals surface area contributed by atoms with E-state index in [-0.39, 0.29) is 0 Å². The molecule has 2 unspecified atom stereocenters. The first kappa shape index (κ1) is 17.5. The first-order valence-electron chi connectivity index (χ1n) is 7.53. The van der Waals surface area contributed by atoms with E-state index in [1.54, 1.807) is 0 Å². The average molecular weight is 297 g/mol. The van der Waals surface area contributed by atoms with Crippen LogP contribution in [0.3, 0.4) is 0 Å². The number of nitrogens with zero attached hydrogens (tertiary/aromatic N) is 1. The molecule has 0 amide bonds. The lowest BCUT2D eigenvalue weighted by molar-refractivity contribution is 0.140. The van der Waals surface area contributed by atoms with Gasteiger partial charge in [-0.15, -0.1) is 0 Å². The highest BCUT2D eigenvalue weighted by Crippen LogP contribution is 2.24. The molecule has 0 saturated carbocycles. The topological polar surface area (TPSA) is 15.3 Å². The lowest BCUT2D eigenvalue weighted by Gasteiger charge is -2.36. The summed E-state index contributed by atoms with van der Waals surface area (Å²) in [5.41, 5.74) is 1.31. The molecular formula is C17H29ClN2. The van der Waals surface area contributed by atoms with Crippen molar-refractivity contribution in [3.05, 3.63) is 34.9 Å². The van der Waals surface area contributed by atoms with Crippen molar-refractivity contribution in [2.45, 2.75) is 52.7 Å². The number of hydrogen-bond acceptors (Lipinski definition) is 2. The molecule has 1 aromatic carbocycles. The molecule has 0 aliphatic rings. The molecule has 2 atom stereocenters. The number of nitrogens with one attached hydrogen (secondary N) is 1. The Morgan fingerprint density at radius 2 is 1.60 bits per heavy atom. The summed E-state index contributed by atoms with van der Waals surface area (Å²) in [7, 11) is 2.21. The van der Waals surface area contributed by atoms with Gasteiger partial charge < -0.3 is 5.32 Å². The van der Waals surface area contributed by atoms with Gasteiger partial charge in [0, 0.05) is 29.7 Å². The maximum atomic E-state index is 5.97. The van der Waals surface area contributed by atoms with Crippen LogP contribution in [0.25, 0.3) is 0 Å². The number of rotatable bonds is 7. The van der Waals surface area contributed by atoms with Gasteiger partial charge in [0.2, 0.25) is 0 Å². The van der Waals surface area contributed by atoms with Crippen LogP contribution in [0.5, 0.6) is 0 Å². The Morgan fingerprint density at radius 3 is 2.05 bits per heavy atom. The second kappa shape index (κ2) is 8.02. The maximum absolute atomic E-state index is 5.97. The number of halogens is 1. The minimum atomic E-state index is 0.383. The molecule has 2 nitrogen and oxygen atoms in total. The third-order valence-electron chi connectivity index (χ3n) is 3.99. The third-order valence-corrected chi connectivity index (χ3v) is 4.24. The van der Waals surface area contributed by atoms with Gasteiger partial charge in [-0.05, 0) is 37.6 Å². The predicted molar refractivity (Wildman–Crippen MR) is 89.4 cm³/mol. The molecule has 1 rings (SSSR count). The highest BCUT2D eigenvalue weighted by molar-refractivity contribution is 6.30. The maximum Gasteiger partial charge on any atom is 0.0406 e. The van der Waals surface area contributed by atoms with Crippen molar-refractivity contribution < 1.29 is 0 Å². The second-order valence-electron chi connectivity index (χ2n) is 6.27. The summed E-state index contributed by atoms with van der Waals surface area (Å²) in [6.07, 6.45) is 0. The molecule has 0 aromatic heterocycles. The van der Waals surface area contributed by atoms with E-state index in [0.29, 0.717) is 24.0 Å². The molecular weight excluding hydrogens is 268 g/mol. The summed E-state index contributed by atoms with van der Waals surface area (Å²) >= 11 is 5.97. The van der Waals surface area contributed by atoms with E-state index in [4.69, 9.17) is 11.6 Å². The fourth-order valence-electron chi connectivity index (χ4n) is 2.47. The Kier molecular flexibility index (Phi) is 7.01. The normalized spacial score (nSPS) is 15.1. The van der Waals surface area contributed by atoms with Crippen LogP contribution in [0.15, 0.2) is 24.3 Å². The van der Waals surface area contributed by atoms with Gasteiger partial charge in [0.05, 0.1) is 0 Å². The molecule has 1 N–H and O–H groups in total. The van der Waals surface area contributed by atoms with Crippen LogP contribution in [-0.4, -0.2) is 30.6 Å². The van der Waals surface area contributed by atoms with Gasteiger partial charge in [0.15, 0.2) is 0 Å². The van der Waals surface area contributed by atoms with Gasteiger partial charge in [0.25, 0.3) is 0 Å². The van der Waals surface area contributed by atoms with E-state index in [1.165, 1.54) is 5.56 Å². The van der Waals surface area contributed by atoms with E-state index < -0.39 is 0 Å². The minimum Gasteiger partial charge on any atom is -0.313 e. The Balaban J connectivity index is 2.77. The number of benzene rings is 1. The van der Waals surface area contributed by atoms with Crippen LogP contribution in [-0.2, 0) is 0 Å². The van der Waals surface area contributed by atoms with Crippen LogP contribution in [0, 0.1) is 5.92 Å². The van der Waals surface area contributed by atoms with E-state index in [9.17, 15) is 0 Å². The fraction of sp³-hybridized carbons (Fsp3) is 0.647. The molecule has 0 aliphatic heterocycles. The minimum absolute atomic E-state index is 0.383. The van der Waals surface area contributed by atoms with Crippen molar-refractivity contribution in [3.8, 4) is 0 Å². The van der Waals surface area contributed by atoms with Crippen molar-refractivity contribution in [1.82, 2.24) is 10.2 Å². The fourth-order valence-corrected chi connectivity index (χ4v) is 2.60. The van der Waals surface area contributed by atoms with Gasteiger partial charge in [-0.25, -0.2) is 0 Å². The Hall–Kier alpha value is -0.570. The van der Waals surface area contributed by atoms with Gasteiger partial charge in [-0.2, -0.15) is 0 Å². The molecule has 0 fully saturated rings. The highest BCUT2D eigenvalue weighted by atomic mass is 35.5. The van der Waals surface area contributed by atoms with Crippen molar-refractivity contribution in [2.24, 2.45) is 5.92 Å². The Bertz CT molecular complexity index is 386. The molecule has 0 radical (unpaired) electrons. The molecule has 3 heteroatoms. The van der Waals surface area contributed by atoms with Crippen LogP contribution >= 0.6 is 11.6 Å². The summed E-state index contributed by atoms with van der Waals surface area (Å²) in [6.45, 7) is 12.2. The third kappa shape index (κ3) is 5.08. The SMILES string of the molecule is CC(C)NCC(C(C)C)N(C)C(C)c1ccc(Cl)cc1. The van der Waals surface area contributed by atoms with Gasteiger partial charge in [0.1, 0.15) is 0 Å². The van der Waals surface area contributed by atoms with Crippen LogP contribution in [0.1, 0.15) is 46.2 Å². The summed E-state index contributed by atoms with van der Waals surface area (Å²) < 4.78 is 0. The number of likely N-dealkylation sites (N-methyl/N-ethyl adjacent to an activating group) is 1. The summed E-state index contributed by atoms with van der Waals surface area (Å²) in [4.78, 5) is 2.46. The van der Waals surface area contributed by atoms with E-state index in [2.05, 4.69) is 64.0 Å². The van der Waals surface area contributed by atoms with Crippen LogP contribution < -0.4 is 5.32 Å². The zero-order valence-corrected chi connectivity index (χ0v) is 14.4. The van der Waals surface area contributed by atoms with E-state index in [1.807, 2.05) is 12.1 Å². The lowest BCUT2D eigenvalue weighted by atomic mass is 9.98. The Labute approximate surface area is 129 Å². The molecule has 0 heterocycles. The summed E-state index contributed by atoms with van der Waals surface area (Å²) in [6, 6.07) is 9.61. The second-order valence-corrected chi connectivity index (χ2v) is 6.70. The van der Waals surface area contributed by atoms with E-state index >= 15 is 0 Å². The quantitative estimate of drug-likeness (QED) is 0.804. The Morgan fingerprint density at radius 1 is 1.05 bits per heavy atom. The molecule has 0 bridgehead atoms. The first-order valence-corrected chi connectivity index (χ1v) is 7.91. The van der Waals surface area contributed by atoms with Crippen LogP contribution in [0.2, 0.25) is 5.02 Å². The van der Waals surface area contributed by atoms with Gasteiger partial charge in [-0.1, -0.05) is 51.4 Å². The van der Waals surface area contributed by atoms with Crippen molar-refractivity contribution >= 4 is 11.6 Å². The molecule has 0 aliphatic carbocycles. The highest BCUT2D eigenvalue weighted by Gasteiger charge is 2.23. The molecule has 0 spiro atoms. The first-order chi connectivity index (χ1) is 9.32. The van der Waals surface area contributed by atoms with Gasteiger partial charge in [-0.3, -0.25) is 4.90 Å². The molecule has 1 aromatic rings. The molecule has 20 heavy (non-hydrogen) atoms. The summed E-state index contributed by atoms with van der Waals surface area (Å²) in [5, 5.41) is 4.36. The standard InChI is InChI=1S/C17H29ClN2/c1-12(2)17(11-19-13(3)4)20(6)14(5)15-7-9-16(18)10-8-15/h7-10,12-14,17,19H,11H2,1-6H3. The lowest BCUT2D eigenvalue weighted by Crippen LogP contribution is -2.46. The molecule has 0 saturated heterocycles. The smallest absolute Gasteiger partial charge is 0.0406 e. The van der Waals surface area contributed by atoms with Gasteiger partial charge >= 0.3 is 0 Å².